The number of hydrogen-bond donors (Lipinski definition) is 0. The van der Waals surface area contributed by atoms with Crippen molar-refractivity contribution in [3.63, 3.8) is 0 Å². The molecule has 0 radical (unpaired) electrons. The molecular formula is C27H28ClNO2. The van der Waals surface area contributed by atoms with Gasteiger partial charge in [-0.1, -0.05) is 60.1 Å². The van der Waals surface area contributed by atoms with Gasteiger partial charge >= 0.3 is 5.97 Å². The summed E-state index contributed by atoms with van der Waals surface area (Å²) in [5, 5.41) is 0.763. The summed E-state index contributed by atoms with van der Waals surface area (Å²) in [7, 11) is 0. The summed E-state index contributed by atoms with van der Waals surface area (Å²) in [4.78, 5) is 14.4. The quantitative estimate of drug-likeness (QED) is 0.412. The number of piperidine rings is 1. The van der Waals surface area contributed by atoms with Gasteiger partial charge in [0.05, 0.1) is 12.2 Å². The normalized spacial score (nSPS) is 15.0. The Morgan fingerprint density at radius 3 is 2.32 bits per heavy atom. The van der Waals surface area contributed by atoms with E-state index >= 15 is 0 Å². The van der Waals surface area contributed by atoms with Crippen molar-refractivity contribution in [1.82, 2.24) is 4.90 Å². The van der Waals surface area contributed by atoms with Crippen LogP contribution in [0.1, 0.15) is 47.2 Å². The van der Waals surface area contributed by atoms with Crippen molar-refractivity contribution in [2.75, 3.05) is 19.7 Å². The first-order chi connectivity index (χ1) is 15.1. The number of benzene rings is 3. The van der Waals surface area contributed by atoms with Gasteiger partial charge in [-0.3, -0.25) is 4.90 Å². The van der Waals surface area contributed by atoms with E-state index in [0.717, 1.165) is 37.5 Å². The summed E-state index contributed by atoms with van der Waals surface area (Å²) >= 11 is 6.07. The fourth-order valence-electron chi connectivity index (χ4n) is 4.34. The van der Waals surface area contributed by atoms with Crippen molar-refractivity contribution in [3.05, 3.63) is 94.5 Å². The van der Waals surface area contributed by atoms with Crippen LogP contribution < -0.4 is 0 Å². The van der Waals surface area contributed by atoms with Gasteiger partial charge in [0.2, 0.25) is 0 Å². The standard InChI is InChI=1S/C27H28ClNO2/c1-2-31-27(30)23-9-7-20(8-10-23)21-15-17-29(18-16-21)19-24-5-3-4-6-26(24)22-11-13-25(28)14-12-22/h3-14,21H,2,15-19H2,1H3. The number of esters is 1. The van der Waals surface area contributed by atoms with Gasteiger partial charge in [0.15, 0.2) is 0 Å². The molecule has 3 nitrogen and oxygen atoms in total. The molecule has 1 saturated heterocycles. The highest BCUT2D eigenvalue weighted by molar-refractivity contribution is 6.30. The highest BCUT2D eigenvalue weighted by Crippen LogP contribution is 2.31. The number of halogens is 1. The van der Waals surface area contributed by atoms with Gasteiger partial charge < -0.3 is 4.74 Å². The number of carbonyl (C=O) groups is 1. The third kappa shape index (κ3) is 5.36. The van der Waals surface area contributed by atoms with E-state index in [0.29, 0.717) is 18.1 Å². The minimum atomic E-state index is -0.247. The average molecular weight is 434 g/mol. The third-order valence-electron chi connectivity index (χ3n) is 6.05. The van der Waals surface area contributed by atoms with Crippen LogP contribution in [0.4, 0.5) is 0 Å². The molecule has 0 N–H and O–H groups in total. The smallest absolute Gasteiger partial charge is 0.338 e. The van der Waals surface area contributed by atoms with E-state index in [9.17, 15) is 4.79 Å². The maximum Gasteiger partial charge on any atom is 0.338 e. The molecule has 3 aromatic carbocycles. The van der Waals surface area contributed by atoms with Crippen molar-refractivity contribution in [2.45, 2.75) is 32.2 Å². The van der Waals surface area contributed by atoms with Gasteiger partial charge in [-0.2, -0.15) is 0 Å². The van der Waals surface area contributed by atoms with Crippen LogP contribution in [0.3, 0.4) is 0 Å². The molecule has 4 heteroatoms. The maximum absolute atomic E-state index is 11.9. The van der Waals surface area contributed by atoms with Crippen LogP contribution in [0, 0.1) is 0 Å². The van der Waals surface area contributed by atoms with Crippen LogP contribution in [0.2, 0.25) is 5.02 Å². The van der Waals surface area contributed by atoms with Crippen molar-refractivity contribution in [2.24, 2.45) is 0 Å². The topological polar surface area (TPSA) is 29.5 Å². The Hall–Kier alpha value is -2.62. The summed E-state index contributed by atoms with van der Waals surface area (Å²) in [6.07, 6.45) is 2.25. The summed E-state index contributed by atoms with van der Waals surface area (Å²) in [5.41, 5.74) is 5.77. The van der Waals surface area contributed by atoms with Crippen LogP contribution in [0.15, 0.2) is 72.8 Å². The van der Waals surface area contributed by atoms with E-state index in [4.69, 9.17) is 16.3 Å². The highest BCUT2D eigenvalue weighted by atomic mass is 35.5. The van der Waals surface area contributed by atoms with Crippen molar-refractivity contribution in [3.8, 4) is 11.1 Å². The lowest BCUT2D eigenvalue weighted by atomic mass is 9.88. The van der Waals surface area contributed by atoms with Crippen molar-refractivity contribution < 1.29 is 9.53 Å². The van der Waals surface area contributed by atoms with Gasteiger partial charge in [0.1, 0.15) is 0 Å². The summed E-state index contributed by atoms with van der Waals surface area (Å²) in [6, 6.07) is 24.7. The zero-order valence-corrected chi connectivity index (χ0v) is 18.6. The highest BCUT2D eigenvalue weighted by Gasteiger charge is 2.21. The molecular weight excluding hydrogens is 406 g/mol. The number of nitrogens with zero attached hydrogens (tertiary/aromatic N) is 1. The molecule has 0 saturated carbocycles. The number of likely N-dealkylation sites (tertiary alicyclic amines) is 1. The molecule has 1 fully saturated rings. The molecule has 0 aliphatic carbocycles. The Morgan fingerprint density at radius 2 is 1.65 bits per heavy atom. The van der Waals surface area contributed by atoms with E-state index in [1.54, 1.807) is 0 Å². The zero-order chi connectivity index (χ0) is 21.6. The number of ether oxygens (including phenoxy) is 1. The molecule has 1 aliphatic rings. The molecule has 0 amide bonds. The van der Waals surface area contributed by atoms with Crippen LogP contribution in [0.5, 0.6) is 0 Å². The zero-order valence-electron chi connectivity index (χ0n) is 17.9. The fraction of sp³-hybridized carbons (Fsp3) is 0.296. The molecule has 0 spiro atoms. The van der Waals surface area contributed by atoms with Crippen molar-refractivity contribution in [1.29, 1.82) is 0 Å². The lowest BCUT2D eigenvalue weighted by Gasteiger charge is -2.32. The average Bonchev–Trinajstić information content (AvgIpc) is 2.81. The summed E-state index contributed by atoms with van der Waals surface area (Å²) < 4.78 is 5.08. The van der Waals surface area contributed by atoms with Gasteiger partial charge in [-0.15, -0.1) is 0 Å². The second kappa shape index (κ2) is 10.1. The molecule has 0 bridgehead atoms. The SMILES string of the molecule is CCOC(=O)c1ccc(C2CCN(Cc3ccccc3-c3ccc(Cl)cc3)CC2)cc1. The molecule has 4 rings (SSSR count). The minimum absolute atomic E-state index is 0.247. The lowest BCUT2D eigenvalue weighted by molar-refractivity contribution is 0.0526. The Bertz CT molecular complexity index is 1010. The Morgan fingerprint density at radius 1 is 0.968 bits per heavy atom. The van der Waals surface area contributed by atoms with E-state index < -0.39 is 0 Å². The predicted octanol–water partition coefficient (Wildman–Crippen LogP) is 6.56. The summed E-state index contributed by atoms with van der Waals surface area (Å²) in [5.74, 6) is 0.294. The molecule has 0 aromatic heterocycles. The lowest BCUT2D eigenvalue weighted by Crippen LogP contribution is -2.32. The van der Waals surface area contributed by atoms with Gasteiger partial charge in [-0.25, -0.2) is 4.79 Å². The van der Waals surface area contributed by atoms with E-state index in [2.05, 4.69) is 53.4 Å². The summed E-state index contributed by atoms with van der Waals surface area (Å²) in [6.45, 7) is 5.32. The second-order valence-electron chi connectivity index (χ2n) is 8.06. The first-order valence-electron chi connectivity index (χ1n) is 11.0. The molecule has 31 heavy (non-hydrogen) atoms. The third-order valence-corrected chi connectivity index (χ3v) is 6.30. The number of rotatable bonds is 6. The largest absolute Gasteiger partial charge is 0.462 e. The fourth-order valence-corrected chi connectivity index (χ4v) is 4.47. The van der Waals surface area contributed by atoms with Gasteiger partial charge in [0.25, 0.3) is 0 Å². The Kier molecular flexibility index (Phi) is 7.06. The Labute approximate surface area is 189 Å². The number of carbonyl (C=O) groups excluding carboxylic acids is 1. The molecule has 1 aliphatic heterocycles. The maximum atomic E-state index is 11.9. The number of hydrogen-bond acceptors (Lipinski definition) is 3. The molecule has 0 unspecified atom stereocenters. The van der Waals surface area contributed by atoms with E-state index in [-0.39, 0.29) is 5.97 Å². The minimum Gasteiger partial charge on any atom is -0.462 e. The van der Waals surface area contributed by atoms with E-state index in [1.807, 2.05) is 31.2 Å². The van der Waals surface area contributed by atoms with Crippen LogP contribution in [0.25, 0.3) is 11.1 Å². The first-order valence-corrected chi connectivity index (χ1v) is 11.3. The monoisotopic (exact) mass is 433 g/mol. The molecule has 160 valence electrons. The van der Waals surface area contributed by atoms with Gasteiger partial charge in [-0.05, 0) is 85.3 Å². The van der Waals surface area contributed by atoms with Crippen LogP contribution in [-0.2, 0) is 11.3 Å². The van der Waals surface area contributed by atoms with Crippen LogP contribution in [-0.4, -0.2) is 30.6 Å². The molecule has 0 atom stereocenters. The van der Waals surface area contributed by atoms with Gasteiger partial charge in [0, 0.05) is 11.6 Å². The van der Waals surface area contributed by atoms with Crippen molar-refractivity contribution >= 4 is 17.6 Å². The molecule has 1 heterocycles. The second-order valence-corrected chi connectivity index (χ2v) is 8.49. The van der Waals surface area contributed by atoms with E-state index in [1.165, 1.54) is 22.3 Å². The van der Waals surface area contributed by atoms with Crippen LogP contribution >= 0.6 is 11.6 Å². The Balaban J connectivity index is 1.38. The molecule has 3 aromatic rings. The predicted molar refractivity (Wildman–Crippen MR) is 127 cm³/mol. The first kappa shape index (κ1) is 21.6.